The second kappa shape index (κ2) is 5.15. The highest BCUT2D eigenvalue weighted by molar-refractivity contribution is 5.90. The molecule has 0 saturated heterocycles. The van der Waals surface area contributed by atoms with Gasteiger partial charge in [-0.1, -0.05) is 12.7 Å². The van der Waals surface area contributed by atoms with Crippen molar-refractivity contribution in [3.05, 3.63) is 52.1 Å². The fourth-order valence-electron chi connectivity index (χ4n) is 1.05. The quantitative estimate of drug-likeness (QED) is 0.352. The van der Waals surface area contributed by atoms with Gasteiger partial charge in [0, 0.05) is 12.1 Å². The number of carbonyl (C=O) groups is 1. The molecule has 0 fully saturated rings. The van der Waals surface area contributed by atoms with Gasteiger partial charge in [-0.05, 0) is 0 Å². The van der Waals surface area contributed by atoms with E-state index in [1.165, 1.54) is 6.08 Å². The normalized spacial score (nSPS) is 9.76. The van der Waals surface area contributed by atoms with Gasteiger partial charge in [0.15, 0.2) is 0 Å². The van der Waals surface area contributed by atoms with Crippen LogP contribution >= 0.6 is 0 Å². The standard InChI is InChI=1S/C10H7F2NO4/c1-2-3-17-10(14)6-4-9(13(15)16)8(12)5-7(6)11/h2,4-5H,1,3H2. The van der Waals surface area contributed by atoms with Gasteiger partial charge in [-0.25, -0.2) is 9.18 Å². The zero-order chi connectivity index (χ0) is 13.0. The molecule has 1 aromatic rings. The molecular weight excluding hydrogens is 236 g/mol. The number of nitro groups is 1. The molecule has 0 radical (unpaired) electrons. The number of hydrogen-bond acceptors (Lipinski definition) is 4. The first-order chi connectivity index (χ1) is 7.97. The third-order valence-corrected chi connectivity index (χ3v) is 1.79. The van der Waals surface area contributed by atoms with Crippen molar-refractivity contribution in [2.45, 2.75) is 0 Å². The number of carbonyl (C=O) groups excluding carboxylic acids is 1. The molecule has 0 aromatic heterocycles. The molecule has 1 aromatic carbocycles. The number of halogens is 2. The van der Waals surface area contributed by atoms with Crippen molar-refractivity contribution < 1.29 is 23.2 Å². The highest BCUT2D eigenvalue weighted by Crippen LogP contribution is 2.22. The largest absolute Gasteiger partial charge is 0.458 e. The van der Waals surface area contributed by atoms with Crippen molar-refractivity contribution in [3.8, 4) is 0 Å². The SMILES string of the molecule is C=CCOC(=O)c1cc([N+](=O)[O-])c(F)cc1F. The van der Waals surface area contributed by atoms with E-state index < -0.39 is 33.8 Å². The molecular formula is C10H7F2NO4. The van der Waals surface area contributed by atoms with E-state index >= 15 is 0 Å². The predicted molar refractivity (Wildman–Crippen MR) is 53.5 cm³/mol. The number of hydrogen-bond donors (Lipinski definition) is 0. The smallest absolute Gasteiger partial charge is 0.341 e. The van der Waals surface area contributed by atoms with Crippen LogP contribution in [-0.2, 0) is 4.74 Å². The van der Waals surface area contributed by atoms with E-state index in [2.05, 4.69) is 11.3 Å². The van der Waals surface area contributed by atoms with E-state index in [1.54, 1.807) is 0 Å². The molecule has 0 spiro atoms. The molecule has 0 N–H and O–H groups in total. The minimum absolute atomic E-state index is 0.177. The summed E-state index contributed by atoms with van der Waals surface area (Å²) in [5.41, 5.74) is -1.68. The number of nitrogens with zero attached hydrogens (tertiary/aromatic N) is 1. The topological polar surface area (TPSA) is 69.4 Å². The summed E-state index contributed by atoms with van der Waals surface area (Å²) in [5, 5.41) is 10.4. The molecule has 0 atom stereocenters. The van der Waals surface area contributed by atoms with E-state index in [0.717, 1.165) is 0 Å². The second-order valence-corrected chi connectivity index (χ2v) is 2.93. The molecule has 90 valence electrons. The van der Waals surface area contributed by atoms with Crippen molar-refractivity contribution in [2.24, 2.45) is 0 Å². The Balaban J connectivity index is 3.15. The summed E-state index contributed by atoms with van der Waals surface area (Å²) in [4.78, 5) is 20.6. The van der Waals surface area contributed by atoms with Crippen LogP contribution in [0, 0.1) is 21.7 Å². The zero-order valence-corrected chi connectivity index (χ0v) is 8.48. The Kier molecular flexibility index (Phi) is 3.86. The third kappa shape index (κ3) is 2.83. The van der Waals surface area contributed by atoms with Crippen LogP contribution in [0.1, 0.15) is 10.4 Å². The van der Waals surface area contributed by atoms with Gasteiger partial charge in [0.1, 0.15) is 18.0 Å². The maximum Gasteiger partial charge on any atom is 0.341 e. The molecule has 0 amide bonds. The average Bonchev–Trinajstić information content (AvgIpc) is 2.25. The lowest BCUT2D eigenvalue weighted by atomic mass is 10.2. The van der Waals surface area contributed by atoms with Gasteiger partial charge in [0.2, 0.25) is 5.82 Å². The highest BCUT2D eigenvalue weighted by atomic mass is 19.1. The fraction of sp³-hybridized carbons (Fsp3) is 0.100. The summed E-state index contributed by atoms with van der Waals surface area (Å²) < 4.78 is 30.6. The van der Waals surface area contributed by atoms with Gasteiger partial charge in [0.05, 0.1) is 4.92 Å². The maximum absolute atomic E-state index is 13.2. The third-order valence-electron chi connectivity index (χ3n) is 1.79. The van der Waals surface area contributed by atoms with Crippen LogP contribution in [0.15, 0.2) is 24.8 Å². The maximum atomic E-state index is 13.2. The van der Waals surface area contributed by atoms with Crippen LogP contribution < -0.4 is 0 Å². The molecule has 5 nitrogen and oxygen atoms in total. The summed E-state index contributed by atoms with van der Waals surface area (Å²) in [6.45, 7) is 3.09. The van der Waals surface area contributed by atoms with Crippen LogP contribution in [0.4, 0.5) is 14.5 Å². The van der Waals surface area contributed by atoms with Gasteiger partial charge in [-0.3, -0.25) is 10.1 Å². The minimum atomic E-state index is -1.35. The summed E-state index contributed by atoms with van der Waals surface area (Å²) in [7, 11) is 0. The molecule has 0 bridgehead atoms. The number of rotatable bonds is 4. The molecule has 0 unspecified atom stereocenters. The molecule has 0 heterocycles. The van der Waals surface area contributed by atoms with Gasteiger partial charge >= 0.3 is 11.7 Å². The van der Waals surface area contributed by atoms with Crippen molar-refractivity contribution in [1.82, 2.24) is 0 Å². The minimum Gasteiger partial charge on any atom is -0.458 e. The van der Waals surface area contributed by atoms with Crippen molar-refractivity contribution in [1.29, 1.82) is 0 Å². The van der Waals surface area contributed by atoms with Gasteiger partial charge < -0.3 is 4.74 Å². The van der Waals surface area contributed by atoms with E-state index in [4.69, 9.17) is 0 Å². The Bertz CT molecular complexity index is 487. The van der Waals surface area contributed by atoms with E-state index in [0.29, 0.717) is 6.07 Å². The summed E-state index contributed by atoms with van der Waals surface area (Å²) in [5.74, 6) is -3.69. The molecule has 17 heavy (non-hydrogen) atoms. The van der Waals surface area contributed by atoms with Gasteiger partial charge in [-0.2, -0.15) is 4.39 Å². The molecule has 0 aliphatic carbocycles. The lowest BCUT2D eigenvalue weighted by Gasteiger charge is -2.03. The molecule has 0 saturated carbocycles. The monoisotopic (exact) mass is 243 g/mol. The van der Waals surface area contributed by atoms with E-state index in [1.807, 2.05) is 0 Å². The Morgan fingerprint density at radius 1 is 1.47 bits per heavy atom. The number of nitro benzene ring substituents is 1. The van der Waals surface area contributed by atoms with Gasteiger partial charge in [-0.15, -0.1) is 0 Å². The second-order valence-electron chi connectivity index (χ2n) is 2.93. The van der Waals surface area contributed by atoms with Crippen molar-refractivity contribution in [3.63, 3.8) is 0 Å². The van der Waals surface area contributed by atoms with E-state index in [-0.39, 0.29) is 12.7 Å². The fourth-order valence-corrected chi connectivity index (χ4v) is 1.05. The number of esters is 1. The van der Waals surface area contributed by atoms with Crippen molar-refractivity contribution in [2.75, 3.05) is 6.61 Å². The lowest BCUT2D eigenvalue weighted by Crippen LogP contribution is -2.09. The Labute approximate surface area is 94.5 Å². The molecule has 1 rings (SSSR count). The number of benzene rings is 1. The van der Waals surface area contributed by atoms with Crippen LogP contribution in [0.5, 0.6) is 0 Å². The molecule has 7 heteroatoms. The average molecular weight is 243 g/mol. The Morgan fingerprint density at radius 3 is 2.65 bits per heavy atom. The summed E-state index contributed by atoms with van der Waals surface area (Å²) in [6.07, 6.45) is 1.24. The molecule has 0 aliphatic heterocycles. The van der Waals surface area contributed by atoms with Crippen LogP contribution in [-0.4, -0.2) is 17.5 Å². The lowest BCUT2D eigenvalue weighted by molar-refractivity contribution is -0.387. The van der Waals surface area contributed by atoms with Crippen LogP contribution in [0.3, 0.4) is 0 Å². The first-order valence-electron chi connectivity index (χ1n) is 4.38. The van der Waals surface area contributed by atoms with E-state index in [9.17, 15) is 23.7 Å². The Morgan fingerprint density at radius 2 is 2.12 bits per heavy atom. The first-order valence-corrected chi connectivity index (χ1v) is 4.38. The number of ether oxygens (including phenoxy) is 1. The molecule has 0 aliphatic rings. The van der Waals surface area contributed by atoms with Crippen molar-refractivity contribution >= 4 is 11.7 Å². The zero-order valence-electron chi connectivity index (χ0n) is 8.48. The first kappa shape index (κ1) is 12.8. The highest BCUT2D eigenvalue weighted by Gasteiger charge is 2.22. The Hall–Kier alpha value is -2.31. The summed E-state index contributed by atoms with van der Waals surface area (Å²) in [6, 6.07) is 0.763. The van der Waals surface area contributed by atoms with Gasteiger partial charge in [0.25, 0.3) is 0 Å². The van der Waals surface area contributed by atoms with Crippen LogP contribution in [0.25, 0.3) is 0 Å². The predicted octanol–water partition coefficient (Wildman–Crippen LogP) is 2.22. The van der Waals surface area contributed by atoms with Crippen LogP contribution in [0.2, 0.25) is 0 Å². The summed E-state index contributed by atoms with van der Waals surface area (Å²) >= 11 is 0.